The Balaban J connectivity index is 3.65. The van der Waals surface area contributed by atoms with Gasteiger partial charge in [-0.05, 0) is 45.4 Å². The van der Waals surface area contributed by atoms with E-state index in [0.717, 1.165) is 38.5 Å². The van der Waals surface area contributed by atoms with Gasteiger partial charge in [0, 0.05) is 6.42 Å². The van der Waals surface area contributed by atoms with Crippen LogP contribution >= 0.6 is 0 Å². The number of allylic oxidation sites excluding steroid dienone is 12. The number of carbonyl (C=O) groups is 1. The normalized spacial score (nSPS) is 14.0. The van der Waals surface area contributed by atoms with Gasteiger partial charge in [0.05, 0.1) is 6.61 Å². The summed E-state index contributed by atoms with van der Waals surface area (Å²) in [4.78, 5) is 11.1. The molecule has 2 nitrogen and oxygen atoms in total. The van der Waals surface area contributed by atoms with Crippen LogP contribution in [0.1, 0.15) is 58.8 Å². The minimum atomic E-state index is -1.56. The second kappa shape index (κ2) is 20.2. The average Bonchev–Trinajstić information content (AvgIpc) is 2.67. The SMILES string of the molecule is CC/C=C\C/C=C\C/C=C\C/C=C\C/C=C\C/C=C\CC(F)C(=O)OCC. The highest BCUT2D eigenvalue weighted by molar-refractivity contribution is 5.74. The Morgan fingerprint density at radius 2 is 1.07 bits per heavy atom. The Labute approximate surface area is 164 Å². The summed E-state index contributed by atoms with van der Waals surface area (Å²) < 4.78 is 17.9. The molecule has 0 saturated heterocycles. The molecule has 27 heavy (non-hydrogen) atoms. The molecule has 0 aliphatic rings. The van der Waals surface area contributed by atoms with Gasteiger partial charge in [-0.1, -0.05) is 79.8 Å². The van der Waals surface area contributed by atoms with Crippen molar-refractivity contribution in [3.63, 3.8) is 0 Å². The number of carbonyl (C=O) groups excluding carboxylic acids is 1. The average molecular weight is 375 g/mol. The van der Waals surface area contributed by atoms with Crippen molar-refractivity contribution in [2.24, 2.45) is 0 Å². The van der Waals surface area contributed by atoms with Crippen LogP contribution in [-0.4, -0.2) is 18.7 Å². The van der Waals surface area contributed by atoms with E-state index in [1.54, 1.807) is 13.0 Å². The molecule has 3 heteroatoms. The molecule has 1 atom stereocenters. The van der Waals surface area contributed by atoms with Gasteiger partial charge in [-0.3, -0.25) is 0 Å². The lowest BCUT2D eigenvalue weighted by Crippen LogP contribution is -2.17. The lowest BCUT2D eigenvalue weighted by molar-refractivity contribution is -0.148. The molecule has 0 N–H and O–H groups in total. The Hall–Kier alpha value is -2.16. The number of ether oxygens (including phenoxy) is 1. The van der Waals surface area contributed by atoms with Gasteiger partial charge >= 0.3 is 5.97 Å². The minimum absolute atomic E-state index is 0.0730. The van der Waals surface area contributed by atoms with Gasteiger partial charge < -0.3 is 4.74 Å². The van der Waals surface area contributed by atoms with Crippen molar-refractivity contribution in [1.29, 1.82) is 0 Å². The fraction of sp³-hybridized carbons (Fsp3) is 0.458. The zero-order chi connectivity index (χ0) is 20.0. The first-order valence-electron chi connectivity index (χ1n) is 9.93. The van der Waals surface area contributed by atoms with Crippen molar-refractivity contribution < 1.29 is 13.9 Å². The third kappa shape index (κ3) is 18.4. The van der Waals surface area contributed by atoms with Crippen LogP contribution in [0.2, 0.25) is 0 Å². The van der Waals surface area contributed by atoms with Crippen molar-refractivity contribution in [2.45, 2.75) is 65.0 Å². The van der Waals surface area contributed by atoms with Crippen molar-refractivity contribution in [3.8, 4) is 0 Å². The smallest absolute Gasteiger partial charge is 0.341 e. The summed E-state index contributed by atoms with van der Waals surface area (Å²) in [5.41, 5.74) is 0. The molecule has 0 fully saturated rings. The Bertz CT molecular complexity index is 524. The molecule has 0 radical (unpaired) electrons. The van der Waals surface area contributed by atoms with E-state index in [0.29, 0.717) is 0 Å². The summed E-state index contributed by atoms with van der Waals surface area (Å²) in [7, 11) is 0. The summed E-state index contributed by atoms with van der Waals surface area (Å²) in [6, 6.07) is 0. The van der Waals surface area contributed by atoms with E-state index in [2.05, 4.69) is 66.3 Å². The van der Waals surface area contributed by atoms with Crippen LogP contribution in [0.25, 0.3) is 0 Å². The quantitative estimate of drug-likeness (QED) is 0.228. The number of alkyl halides is 1. The molecule has 0 saturated carbocycles. The highest BCUT2D eigenvalue weighted by atomic mass is 19.1. The fourth-order valence-electron chi connectivity index (χ4n) is 2.07. The van der Waals surface area contributed by atoms with E-state index in [1.807, 2.05) is 12.2 Å². The molecule has 150 valence electrons. The molecule has 0 spiro atoms. The van der Waals surface area contributed by atoms with Crippen molar-refractivity contribution >= 4 is 5.97 Å². The molecular weight excluding hydrogens is 339 g/mol. The number of esters is 1. The number of hydrogen-bond acceptors (Lipinski definition) is 2. The molecule has 0 aromatic heterocycles. The largest absolute Gasteiger partial charge is 0.464 e. The molecule has 1 unspecified atom stereocenters. The summed E-state index contributed by atoms with van der Waals surface area (Å²) >= 11 is 0. The van der Waals surface area contributed by atoms with Gasteiger partial charge in [-0.15, -0.1) is 0 Å². The zero-order valence-electron chi connectivity index (χ0n) is 16.9. The Morgan fingerprint density at radius 3 is 1.44 bits per heavy atom. The topological polar surface area (TPSA) is 26.3 Å². The van der Waals surface area contributed by atoms with Crippen molar-refractivity contribution in [1.82, 2.24) is 0 Å². The van der Waals surface area contributed by atoms with Gasteiger partial charge in [0.2, 0.25) is 6.17 Å². The molecule has 0 aromatic carbocycles. The van der Waals surface area contributed by atoms with Crippen LogP contribution in [0.5, 0.6) is 0 Å². The molecule has 0 bridgehead atoms. The lowest BCUT2D eigenvalue weighted by atomic mass is 10.2. The number of rotatable bonds is 15. The van der Waals surface area contributed by atoms with E-state index in [9.17, 15) is 9.18 Å². The van der Waals surface area contributed by atoms with E-state index >= 15 is 0 Å². The second-order valence-corrected chi connectivity index (χ2v) is 5.87. The van der Waals surface area contributed by atoms with Crippen LogP contribution in [0.15, 0.2) is 72.9 Å². The van der Waals surface area contributed by atoms with E-state index in [-0.39, 0.29) is 13.0 Å². The monoisotopic (exact) mass is 374 g/mol. The van der Waals surface area contributed by atoms with Gasteiger partial charge in [-0.2, -0.15) is 0 Å². The molecule has 0 aliphatic heterocycles. The standard InChI is InChI=1S/C24H35FO2/c1-3-5-6-7-8-9-10-11-12-13-14-15-16-17-18-19-20-21-22-23(25)24(26)27-4-2/h5-6,8-9,11-12,14-15,17-18,20-21,23H,3-4,7,10,13,16,19,22H2,1-2H3/b6-5-,9-8-,12-11-,15-14-,18-17-,21-20-. The maximum atomic E-state index is 13.3. The first-order chi connectivity index (χ1) is 13.2. The molecule has 0 heterocycles. The zero-order valence-corrected chi connectivity index (χ0v) is 16.9. The van der Waals surface area contributed by atoms with Crippen LogP contribution in [0.4, 0.5) is 4.39 Å². The maximum Gasteiger partial charge on any atom is 0.341 e. The van der Waals surface area contributed by atoms with Crippen molar-refractivity contribution in [3.05, 3.63) is 72.9 Å². The number of hydrogen-bond donors (Lipinski definition) is 0. The van der Waals surface area contributed by atoms with E-state index in [1.165, 1.54) is 0 Å². The van der Waals surface area contributed by atoms with Gasteiger partial charge in [0.25, 0.3) is 0 Å². The summed E-state index contributed by atoms with van der Waals surface area (Å²) in [5.74, 6) is -0.781. The van der Waals surface area contributed by atoms with Crippen molar-refractivity contribution in [2.75, 3.05) is 6.61 Å². The third-order valence-electron chi connectivity index (χ3n) is 3.48. The lowest BCUT2D eigenvalue weighted by Gasteiger charge is -2.03. The fourth-order valence-corrected chi connectivity index (χ4v) is 2.07. The summed E-state index contributed by atoms with van der Waals surface area (Å²) in [5, 5.41) is 0. The van der Waals surface area contributed by atoms with Crippen LogP contribution in [0, 0.1) is 0 Å². The maximum absolute atomic E-state index is 13.3. The van der Waals surface area contributed by atoms with Gasteiger partial charge in [0.1, 0.15) is 0 Å². The third-order valence-corrected chi connectivity index (χ3v) is 3.48. The predicted molar refractivity (Wildman–Crippen MR) is 114 cm³/mol. The van der Waals surface area contributed by atoms with E-state index < -0.39 is 12.1 Å². The molecular formula is C24H35FO2. The molecule has 0 aromatic rings. The molecule has 0 amide bonds. The molecule has 0 rings (SSSR count). The van der Waals surface area contributed by atoms with Crippen LogP contribution in [-0.2, 0) is 9.53 Å². The van der Waals surface area contributed by atoms with Crippen LogP contribution in [0.3, 0.4) is 0 Å². The predicted octanol–water partition coefficient (Wildman–Crippen LogP) is 6.98. The van der Waals surface area contributed by atoms with Gasteiger partial charge in [-0.25, -0.2) is 9.18 Å². The van der Waals surface area contributed by atoms with E-state index in [4.69, 9.17) is 0 Å². The highest BCUT2D eigenvalue weighted by Crippen LogP contribution is 2.03. The Morgan fingerprint density at radius 1 is 0.704 bits per heavy atom. The molecule has 0 aliphatic carbocycles. The Kier molecular flexibility index (Phi) is 18.5. The minimum Gasteiger partial charge on any atom is -0.464 e. The summed E-state index contributed by atoms with van der Waals surface area (Å²) in [6.07, 6.45) is 29.2. The first kappa shape index (κ1) is 24.8. The van der Waals surface area contributed by atoms with Crippen LogP contribution < -0.4 is 0 Å². The van der Waals surface area contributed by atoms with Gasteiger partial charge in [0.15, 0.2) is 0 Å². The summed E-state index contributed by atoms with van der Waals surface area (Å²) in [6.45, 7) is 4.02. The first-order valence-corrected chi connectivity index (χ1v) is 9.93. The highest BCUT2D eigenvalue weighted by Gasteiger charge is 2.15. The number of halogens is 1. The second-order valence-electron chi connectivity index (χ2n) is 5.87.